The Kier molecular flexibility index (Phi) is 3.51. The van der Waals surface area contributed by atoms with E-state index in [1.807, 2.05) is 31.2 Å². The Morgan fingerprint density at radius 2 is 2.12 bits per heavy atom. The largest absolute Gasteiger partial charge is 0.338 e. The molecule has 5 heteroatoms. The van der Waals surface area contributed by atoms with E-state index in [0.717, 1.165) is 9.92 Å². The highest BCUT2D eigenvalue weighted by atomic mass is 35.5. The predicted octanol–water partition coefficient (Wildman–Crippen LogP) is 3.88. The van der Waals surface area contributed by atoms with E-state index in [9.17, 15) is 0 Å². The van der Waals surface area contributed by atoms with Gasteiger partial charge in [0.2, 0.25) is 5.89 Å². The van der Waals surface area contributed by atoms with Gasteiger partial charge in [0, 0.05) is 4.90 Å². The van der Waals surface area contributed by atoms with Crippen molar-refractivity contribution in [2.24, 2.45) is 0 Å². The first-order valence-corrected chi connectivity index (χ1v) is 6.14. The molecule has 0 aliphatic carbocycles. The number of halogens is 1. The highest BCUT2D eigenvalue weighted by Crippen LogP contribution is 2.37. The molecule has 0 saturated carbocycles. The minimum absolute atomic E-state index is 0.0982. The number of nitrogens with zero attached hydrogens (tertiary/aromatic N) is 2. The molecule has 0 aliphatic rings. The number of benzene rings is 1. The summed E-state index contributed by atoms with van der Waals surface area (Å²) in [6.45, 7) is 3.82. The van der Waals surface area contributed by atoms with Crippen molar-refractivity contribution in [1.29, 1.82) is 0 Å². The Balaban J connectivity index is 2.13. The minimum atomic E-state index is 0.0982. The smallest absolute Gasteiger partial charge is 0.239 e. The van der Waals surface area contributed by atoms with Gasteiger partial charge in [-0.3, -0.25) is 0 Å². The maximum absolute atomic E-state index is 6.07. The van der Waals surface area contributed by atoms with E-state index in [1.54, 1.807) is 18.7 Å². The third-order valence-electron chi connectivity index (χ3n) is 2.03. The van der Waals surface area contributed by atoms with E-state index in [-0.39, 0.29) is 5.25 Å². The van der Waals surface area contributed by atoms with Gasteiger partial charge in [0.25, 0.3) is 0 Å². The van der Waals surface area contributed by atoms with E-state index in [4.69, 9.17) is 16.1 Å². The van der Waals surface area contributed by atoms with Crippen LogP contribution in [0.5, 0.6) is 0 Å². The summed E-state index contributed by atoms with van der Waals surface area (Å²) in [6.07, 6.45) is 0. The molecule has 1 aromatic carbocycles. The highest BCUT2D eigenvalue weighted by molar-refractivity contribution is 7.99. The summed E-state index contributed by atoms with van der Waals surface area (Å²) < 4.78 is 5.11. The Morgan fingerprint density at radius 3 is 2.75 bits per heavy atom. The van der Waals surface area contributed by atoms with Gasteiger partial charge in [-0.1, -0.05) is 28.9 Å². The van der Waals surface area contributed by atoms with Crippen LogP contribution < -0.4 is 0 Å². The molecular formula is C11H11ClN2OS. The van der Waals surface area contributed by atoms with Gasteiger partial charge in [-0.25, -0.2) is 0 Å². The summed E-state index contributed by atoms with van der Waals surface area (Å²) in [7, 11) is 0. The van der Waals surface area contributed by atoms with Gasteiger partial charge >= 0.3 is 0 Å². The first-order chi connectivity index (χ1) is 7.66. The molecule has 16 heavy (non-hydrogen) atoms. The lowest BCUT2D eigenvalue weighted by Gasteiger charge is -2.07. The second kappa shape index (κ2) is 4.89. The van der Waals surface area contributed by atoms with Gasteiger partial charge in [0.15, 0.2) is 5.82 Å². The standard InChI is InChI=1S/C11H11ClN2OS/c1-7(11-13-8(2)14-15-11)16-10-6-4-3-5-9(10)12/h3-7H,1-2H3/t7-/m1/s1. The lowest BCUT2D eigenvalue weighted by molar-refractivity contribution is 0.376. The molecule has 3 nitrogen and oxygen atoms in total. The molecule has 0 spiro atoms. The van der Waals surface area contributed by atoms with Crippen LogP contribution in [0.3, 0.4) is 0 Å². The van der Waals surface area contributed by atoms with Crippen molar-refractivity contribution >= 4 is 23.4 Å². The Morgan fingerprint density at radius 1 is 1.38 bits per heavy atom. The van der Waals surface area contributed by atoms with Crippen LogP contribution in [-0.2, 0) is 0 Å². The Bertz CT molecular complexity index is 486. The maximum Gasteiger partial charge on any atom is 0.239 e. The van der Waals surface area contributed by atoms with Crippen LogP contribution in [0.2, 0.25) is 5.02 Å². The van der Waals surface area contributed by atoms with Gasteiger partial charge in [0.05, 0.1) is 10.3 Å². The van der Waals surface area contributed by atoms with Crippen LogP contribution in [0.25, 0.3) is 0 Å². The normalized spacial score (nSPS) is 12.7. The first kappa shape index (κ1) is 11.5. The van der Waals surface area contributed by atoms with Crippen LogP contribution in [0.1, 0.15) is 23.9 Å². The molecule has 0 bridgehead atoms. The summed E-state index contributed by atoms with van der Waals surface area (Å²) in [5.41, 5.74) is 0. The summed E-state index contributed by atoms with van der Waals surface area (Å²) >= 11 is 7.68. The molecule has 0 aliphatic heterocycles. The molecule has 2 aromatic rings. The fraction of sp³-hybridized carbons (Fsp3) is 0.273. The Hall–Kier alpha value is -1.00. The quantitative estimate of drug-likeness (QED) is 0.779. The number of hydrogen-bond donors (Lipinski definition) is 0. The predicted molar refractivity (Wildman–Crippen MR) is 64.8 cm³/mol. The van der Waals surface area contributed by atoms with E-state index in [0.29, 0.717) is 11.7 Å². The molecule has 1 heterocycles. The molecule has 0 unspecified atom stereocenters. The van der Waals surface area contributed by atoms with Gasteiger partial charge < -0.3 is 4.52 Å². The van der Waals surface area contributed by atoms with Gasteiger partial charge in [0.1, 0.15) is 0 Å². The average Bonchev–Trinajstić information content (AvgIpc) is 2.68. The summed E-state index contributed by atoms with van der Waals surface area (Å²) in [6, 6.07) is 7.72. The fourth-order valence-electron chi connectivity index (χ4n) is 1.26. The molecule has 2 rings (SSSR count). The molecule has 0 amide bonds. The number of aromatic nitrogens is 2. The molecule has 0 fully saturated rings. The van der Waals surface area contributed by atoms with E-state index in [2.05, 4.69) is 10.1 Å². The number of rotatable bonds is 3. The van der Waals surface area contributed by atoms with Crippen molar-refractivity contribution in [2.45, 2.75) is 24.0 Å². The molecule has 0 radical (unpaired) electrons. The van der Waals surface area contributed by atoms with Crippen LogP contribution >= 0.6 is 23.4 Å². The number of hydrogen-bond acceptors (Lipinski definition) is 4. The number of thioether (sulfide) groups is 1. The van der Waals surface area contributed by atoms with E-state index < -0.39 is 0 Å². The van der Waals surface area contributed by atoms with Gasteiger partial charge in [-0.05, 0) is 26.0 Å². The molecule has 1 atom stereocenters. The second-order valence-corrected chi connectivity index (χ2v) is 5.16. The summed E-state index contributed by atoms with van der Waals surface area (Å²) in [5.74, 6) is 1.28. The lowest BCUT2D eigenvalue weighted by Crippen LogP contribution is -1.89. The summed E-state index contributed by atoms with van der Waals surface area (Å²) in [4.78, 5) is 5.22. The number of aryl methyl sites for hydroxylation is 1. The molecular weight excluding hydrogens is 244 g/mol. The molecule has 0 N–H and O–H groups in total. The lowest BCUT2D eigenvalue weighted by atomic mass is 10.4. The zero-order valence-electron chi connectivity index (χ0n) is 8.98. The van der Waals surface area contributed by atoms with Gasteiger partial charge in [-0.2, -0.15) is 4.98 Å². The zero-order chi connectivity index (χ0) is 11.5. The third-order valence-corrected chi connectivity index (χ3v) is 3.64. The SMILES string of the molecule is Cc1noc([C@@H](C)Sc2ccccc2Cl)n1. The van der Waals surface area contributed by atoms with Crippen molar-refractivity contribution in [3.63, 3.8) is 0 Å². The van der Waals surface area contributed by atoms with Gasteiger partial charge in [-0.15, -0.1) is 11.8 Å². The third kappa shape index (κ3) is 2.57. The van der Waals surface area contributed by atoms with Crippen molar-refractivity contribution in [3.05, 3.63) is 41.0 Å². The van der Waals surface area contributed by atoms with Crippen molar-refractivity contribution < 1.29 is 4.52 Å². The Labute approximate surface area is 103 Å². The van der Waals surface area contributed by atoms with Crippen molar-refractivity contribution in [3.8, 4) is 0 Å². The minimum Gasteiger partial charge on any atom is -0.338 e. The van der Waals surface area contributed by atoms with E-state index in [1.165, 1.54) is 0 Å². The van der Waals surface area contributed by atoms with E-state index >= 15 is 0 Å². The monoisotopic (exact) mass is 254 g/mol. The van der Waals surface area contributed by atoms with Crippen molar-refractivity contribution in [1.82, 2.24) is 10.1 Å². The van der Waals surface area contributed by atoms with Crippen LogP contribution in [-0.4, -0.2) is 10.1 Å². The highest BCUT2D eigenvalue weighted by Gasteiger charge is 2.15. The summed E-state index contributed by atoms with van der Waals surface area (Å²) in [5, 5.41) is 4.61. The zero-order valence-corrected chi connectivity index (χ0v) is 10.5. The van der Waals surface area contributed by atoms with Crippen LogP contribution in [0, 0.1) is 6.92 Å². The molecule has 0 saturated heterocycles. The molecule has 1 aromatic heterocycles. The maximum atomic E-state index is 6.07. The molecule has 84 valence electrons. The average molecular weight is 255 g/mol. The van der Waals surface area contributed by atoms with Crippen LogP contribution in [0.15, 0.2) is 33.7 Å². The van der Waals surface area contributed by atoms with Crippen LogP contribution in [0.4, 0.5) is 0 Å². The fourth-order valence-corrected chi connectivity index (χ4v) is 2.44. The first-order valence-electron chi connectivity index (χ1n) is 4.88. The van der Waals surface area contributed by atoms with Crippen molar-refractivity contribution in [2.75, 3.05) is 0 Å². The topological polar surface area (TPSA) is 38.9 Å². The second-order valence-electron chi connectivity index (χ2n) is 3.37.